The van der Waals surface area contributed by atoms with E-state index >= 15 is 0 Å². The average molecular weight is 282 g/mol. The summed E-state index contributed by atoms with van der Waals surface area (Å²) < 4.78 is 24.9. The highest BCUT2D eigenvalue weighted by Crippen LogP contribution is 2.67. The molecule has 2 heterocycles. The Balaban J connectivity index is 1.74. The molecule has 3 saturated carbocycles. The predicted molar refractivity (Wildman–Crippen MR) is 73.1 cm³/mol. The second kappa shape index (κ2) is 3.43. The molecule has 6 unspecified atom stereocenters. The van der Waals surface area contributed by atoms with Crippen LogP contribution in [0.15, 0.2) is 0 Å². The lowest BCUT2D eigenvalue weighted by molar-refractivity contribution is -0.396. The quantitative estimate of drug-likeness (QED) is 0.741. The van der Waals surface area contributed by atoms with Gasteiger partial charge in [0.1, 0.15) is 11.7 Å². The molecule has 0 amide bonds. The molecule has 0 aromatic rings. The lowest BCUT2D eigenvalue weighted by Gasteiger charge is -2.62. The van der Waals surface area contributed by atoms with Gasteiger partial charge < -0.3 is 18.9 Å². The monoisotopic (exact) mass is 282 g/mol. The molecule has 0 aromatic heterocycles. The molecule has 114 valence electrons. The first-order valence-electron chi connectivity index (χ1n) is 7.79. The molecule has 4 heteroatoms. The van der Waals surface area contributed by atoms with Crippen molar-refractivity contribution in [2.75, 3.05) is 0 Å². The van der Waals surface area contributed by atoms with E-state index in [1.165, 1.54) is 0 Å². The van der Waals surface area contributed by atoms with E-state index in [-0.39, 0.29) is 34.9 Å². The minimum absolute atomic E-state index is 0.0320. The normalized spacial score (nSPS) is 60.3. The molecule has 0 N–H and O–H groups in total. The van der Waals surface area contributed by atoms with Crippen LogP contribution in [-0.2, 0) is 18.9 Å². The molecule has 4 nitrogen and oxygen atoms in total. The van der Waals surface area contributed by atoms with Crippen molar-refractivity contribution in [3.8, 4) is 0 Å². The first-order chi connectivity index (χ1) is 9.06. The van der Waals surface area contributed by atoms with Gasteiger partial charge in [-0.3, -0.25) is 0 Å². The van der Waals surface area contributed by atoms with Crippen molar-refractivity contribution in [3.05, 3.63) is 0 Å². The zero-order valence-electron chi connectivity index (χ0n) is 13.4. The first-order valence-corrected chi connectivity index (χ1v) is 7.79. The third-order valence-corrected chi connectivity index (χ3v) is 5.75. The van der Waals surface area contributed by atoms with E-state index in [0.29, 0.717) is 5.92 Å². The Morgan fingerprint density at radius 3 is 2.45 bits per heavy atom. The number of rotatable bonds is 1. The maximum absolute atomic E-state index is 6.38. The van der Waals surface area contributed by atoms with E-state index in [1.54, 1.807) is 0 Å². The predicted octanol–water partition coefficient (Wildman–Crippen LogP) is 2.85. The Kier molecular flexibility index (Phi) is 2.31. The van der Waals surface area contributed by atoms with Crippen LogP contribution >= 0.6 is 0 Å². The minimum atomic E-state index is -0.852. The van der Waals surface area contributed by atoms with E-state index in [0.717, 1.165) is 12.8 Å². The minimum Gasteiger partial charge on any atom is -0.372 e. The fourth-order valence-electron chi connectivity index (χ4n) is 5.17. The summed E-state index contributed by atoms with van der Waals surface area (Å²) >= 11 is 0. The third-order valence-electron chi connectivity index (χ3n) is 5.75. The van der Waals surface area contributed by atoms with Crippen LogP contribution < -0.4 is 0 Å². The van der Waals surface area contributed by atoms with Gasteiger partial charge in [0.25, 0.3) is 5.97 Å². The Labute approximate surface area is 121 Å². The molecular formula is C16H26O4. The molecule has 0 radical (unpaired) electrons. The molecule has 5 rings (SSSR count). The van der Waals surface area contributed by atoms with Crippen LogP contribution in [0.3, 0.4) is 0 Å². The topological polar surface area (TPSA) is 36.9 Å². The summed E-state index contributed by atoms with van der Waals surface area (Å²) in [6.07, 6.45) is 2.53. The van der Waals surface area contributed by atoms with Gasteiger partial charge in [-0.15, -0.1) is 0 Å². The maximum atomic E-state index is 6.38. The summed E-state index contributed by atoms with van der Waals surface area (Å²) in [5, 5.41) is 0. The smallest absolute Gasteiger partial charge is 0.281 e. The van der Waals surface area contributed by atoms with Gasteiger partial charge in [-0.05, 0) is 40.5 Å². The van der Waals surface area contributed by atoms with Crippen LogP contribution in [0.2, 0.25) is 0 Å². The van der Waals surface area contributed by atoms with Crippen LogP contribution in [-0.4, -0.2) is 35.5 Å². The van der Waals surface area contributed by atoms with Crippen LogP contribution in [0.5, 0.6) is 0 Å². The Bertz CT molecular complexity index is 458. The Morgan fingerprint density at radius 2 is 1.80 bits per heavy atom. The SMILES string of the molecule is CC(C)(C)O[C@H]1CC2C3CC1(C)C1OC(C)(O3)OC21C. The second-order valence-electron chi connectivity index (χ2n) is 8.57. The summed E-state index contributed by atoms with van der Waals surface area (Å²) in [5.41, 5.74) is -0.382. The summed E-state index contributed by atoms with van der Waals surface area (Å²) in [6, 6.07) is 0. The summed E-state index contributed by atoms with van der Waals surface area (Å²) in [4.78, 5) is 0. The van der Waals surface area contributed by atoms with Crippen molar-refractivity contribution in [1.29, 1.82) is 0 Å². The maximum Gasteiger partial charge on any atom is 0.281 e. The van der Waals surface area contributed by atoms with Gasteiger partial charge in [0.05, 0.1) is 17.8 Å². The van der Waals surface area contributed by atoms with Crippen molar-refractivity contribution in [1.82, 2.24) is 0 Å². The molecule has 5 fully saturated rings. The number of hydrogen-bond acceptors (Lipinski definition) is 4. The lowest BCUT2D eigenvalue weighted by Crippen LogP contribution is -2.71. The molecular weight excluding hydrogens is 256 g/mol. The molecule has 2 aliphatic heterocycles. The fourth-order valence-corrected chi connectivity index (χ4v) is 5.17. The van der Waals surface area contributed by atoms with Crippen LogP contribution in [0, 0.1) is 11.3 Å². The van der Waals surface area contributed by atoms with Crippen LogP contribution in [0.4, 0.5) is 0 Å². The molecule has 5 aliphatic rings. The zero-order chi connectivity index (χ0) is 14.6. The first kappa shape index (κ1) is 13.5. The van der Waals surface area contributed by atoms with Gasteiger partial charge in [0, 0.05) is 18.3 Å². The highest BCUT2D eigenvalue weighted by molar-refractivity contribution is 5.20. The van der Waals surface area contributed by atoms with E-state index in [1.807, 2.05) is 6.92 Å². The van der Waals surface area contributed by atoms with Gasteiger partial charge in [0.2, 0.25) is 0 Å². The molecule has 0 spiro atoms. The molecule has 7 atom stereocenters. The molecule has 2 saturated heterocycles. The van der Waals surface area contributed by atoms with E-state index in [4.69, 9.17) is 18.9 Å². The van der Waals surface area contributed by atoms with Crippen LogP contribution in [0.25, 0.3) is 0 Å². The molecule has 20 heavy (non-hydrogen) atoms. The highest BCUT2D eigenvalue weighted by atomic mass is 16.9. The average Bonchev–Trinajstić information content (AvgIpc) is 2.43. The number of ether oxygens (including phenoxy) is 4. The number of hydrogen-bond donors (Lipinski definition) is 0. The van der Waals surface area contributed by atoms with E-state index < -0.39 is 5.97 Å². The Hall–Kier alpha value is -0.160. The second-order valence-corrected chi connectivity index (χ2v) is 8.57. The summed E-state index contributed by atoms with van der Waals surface area (Å²) in [7, 11) is 0. The summed E-state index contributed by atoms with van der Waals surface area (Å²) in [6.45, 7) is 12.8. The van der Waals surface area contributed by atoms with E-state index in [9.17, 15) is 0 Å². The third kappa shape index (κ3) is 1.51. The van der Waals surface area contributed by atoms with E-state index in [2.05, 4.69) is 34.6 Å². The standard InChI is InChI=1S/C16H26O4/c1-13(2,3)18-11-7-9-10-8-14(11,4)12-15(9,5)20-16(6,17-10)19-12/h9-12H,7-8H2,1-6H3/t9?,10?,11-,12?,14?,15?,16?/m0/s1. The summed E-state index contributed by atoms with van der Waals surface area (Å²) in [5.74, 6) is -0.480. The zero-order valence-corrected chi connectivity index (χ0v) is 13.4. The Morgan fingerprint density at radius 1 is 1.10 bits per heavy atom. The van der Waals surface area contributed by atoms with Crippen molar-refractivity contribution in [2.24, 2.45) is 11.3 Å². The van der Waals surface area contributed by atoms with Gasteiger partial charge in [0.15, 0.2) is 0 Å². The number of fused-ring (bicyclic) bond motifs is 2. The van der Waals surface area contributed by atoms with Crippen molar-refractivity contribution in [2.45, 2.75) is 89.9 Å². The van der Waals surface area contributed by atoms with Gasteiger partial charge in [-0.25, -0.2) is 0 Å². The molecule has 5 bridgehead atoms. The van der Waals surface area contributed by atoms with Gasteiger partial charge >= 0.3 is 0 Å². The highest BCUT2D eigenvalue weighted by Gasteiger charge is 2.76. The van der Waals surface area contributed by atoms with Crippen LogP contribution in [0.1, 0.15) is 54.4 Å². The van der Waals surface area contributed by atoms with Gasteiger partial charge in [-0.2, -0.15) is 0 Å². The fraction of sp³-hybridized carbons (Fsp3) is 1.00. The van der Waals surface area contributed by atoms with Crippen molar-refractivity contribution < 1.29 is 18.9 Å². The van der Waals surface area contributed by atoms with Crippen molar-refractivity contribution >= 4 is 0 Å². The molecule has 3 aliphatic carbocycles. The molecule has 0 aromatic carbocycles. The van der Waals surface area contributed by atoms with Gasteiger partial charge in [-0.1, -0.05) is 6.92 Å². The van der Waals surface area contributed by atoms with Crippen molar-refractivity contribution in [3.63, 3.8) is 0 Å². The lowest BCUT2D eigenvalue weighted by atomic mass is 9.51. The largest absolute Gasteiger partial charge is 0.372 e.